The number of aromatic nitrogens is 4. The van der Waals surface area contributed by atoms with Crippen molar-refractivity contribution < 1.29 is 18.3 Å². The number of hydrogen-bond acceptors (Lipinski definition) is 9. The van der Waals surface area contributed by atoms with Gasteiger partial charge in [0.25, 0.3) is 0 Å². The Bertz CT molecular complexity index is 1330. The van der Waals surface area contributed by atoms with Gasteiger partial charge in [-0.3, -0.25) is 0 Å². The number of rotatable bonds is 7. The third-order valence-electron chi connectivity index (χ3n) is 7.03. The van der Waals surface area contributed by atoms with Crippen LogP contribution >= 0.6 is 0 Å². The minimum Gasteiger partial charge on any atom is -0.467 e. The molecule has 2 aromatic heterocycles. The van der Waals surface area contributed by atoms with Crippen LogP contribution in [-0.4, -0.2) is 96.1 Å². The number of ether oxygens (including phenoxy) is 1. The minimum atomic E-state index is -2.95. The molecule has 0 bridgehead atoms. The van der Waals surface area contributed by atoms with Crippen LogP contribution in [0, 0.1) is 6.92 Å². The molecule has 0 radical (unpaired) electrons. The maximum Gasteiger partial charge on any atom is 0.320 e. The molecule has 2 aliphatic heterocycles. The number of piperidine rings is 1. The molecule has 0 unspecified atom stereocenters. The van der Waals surface area contributed by atoms with Crippen molar-refractivity contribution in [3.63, 3.8) is 0 Å². The number of aliphatic hydroxyl groups is 1. The fraction of sp³-hybridized carbons (Fsp3) is 0.542. The average molecular weight is 501 g/mol. The molecular formula is C24H32N6O4S. The molecule has 0 aliphatic carbocycles. The number of fused-ring (bicyclic) bond motifs is 1. The van der Waals surface area contributed by atoms with Gasteiger partial charge in [0, 0.05) is 37.3 Å². The van der Waals surface area contributed by atoms with Crippen molar-refractivity contribution in [1.29, 1.82) is 0 Å². The second-order valence-electron chi connectivity index (χ2n) is 9.70. The number of likely N-dealkylation sites (tertiary alicyclic amines) is 1. The van der Waals surface area contributed by atoms with Crippen molar-refractivity contribution in [3.8, 4) is 11.8 Å². The van der Waals surface area contributed by atoms with Crippen LogP contribution in [0.3, 0.4) is 0 Å². The Hall–Kier alpha value is -2.76. The molecule has 2 fully saturated rings. The van der Waals surface area contributed by atoms with E-state index in [2.05, 4.69) is 39.0 Å². The second kappa shape index (κ2) is 9.36. The minimum absolute atomic E-state index is 0.211. The van der Waals surface area contributed by atoms with E-state index in [1.807, 2.05) is 21.8 Å². The summed E-state index contributed by atoms with van der Waals surface area (Å²) < 4.78 is 30.2. The van der Waals surface area contributed by atoms with E-state index in [-0.39, 0.29) is 17.9 Å². The van der Waals surface area contributed by atoms with Gasteiger partial charge in [-0.2, -0.15) is 15.1 Å². The summed E-state index contributed by atoms with van der Waals surface area (Å²) in [5.41, 5.74) is 3.51. The number of anilines is 1. The molecule has 3 aromatic rings. The van der Waals surface area contributed by atoms with Gasteiger partial charge in [-0.15, -0.1) is 0 Å². The predicted molar refractivity (Wildman–Crippen MR) is 134 cm³/mol. The summed E-state index contributed by atoms with van der Waals surface area (Å²) in [5.74, 6) is 1.95. The molecule has 2 saturated heterocycles. The fourth-order valence-corrected chi connectivity index (χ4v) is 5.58. The van der Waals surface area contributed by atoms with Crippen LogP contribution in [0.15, 0.2) is 24.4 Å². The van der Waals surface area contributed by atoms with E-state index in [9.17, 15) is 13.5 Å². The lowest BCUT2D eigenvalue weighted by atomic mass is 9.86. The van der Waals surface area contributed by atoms with Crippen molar-refractivity contribution >= 4 is 26.6 Å². The normalized spacial score (nSPS) is 18.2. The van der Waals surface area contributed by atoms with Gasteiger partial charge < -0.3 is 19.6 Å². The lowest BCUT2D eigenvalue weighted by Gasteiger charge is -2.36. The molecule has 1 N–H and O–H groups in total. The Morgan fingerprint density at radius 1 is 1.11 bits per heavy atom. The van der Waals surface area contributed by atoms with Gasteiger partial charge in [0.05, 0.1) is 30.7 Å². The van der Waals surface area contributed by atoms with Crippen molar-refractivity contribution in [1.82, 2.24) is 24.6 Å². The summed E-state index contributed by atoms with van der Waals surface area (Å²) in [6, 6.07) is 6.53. The number of aryl methyl sites for hydroxylation is 1. The molecule has 188 valence electrons. The summed E-state index contributed by atoms with van der Waals surface area (Å²) in [6.07, 6.45) is 4.79. The molecular weight excluding hydrogens is 468 g/mol. The van der Waals surface area contributed by atoms with Crippen molar-refractivity contribution in [3.05, 3.63) is 35.5 Å². The highest BCUT2D eigenvalue weighted by molar-refractivity contribution is 7.90. The van der Waals surface area contributed by atoms with Crippen molar-refractivity contribution in [2.24, 2.45) is 0 Å². The second-order valence-corrected chi connectivity index (χ2v) is 12.0. The first kappa shape index (κ1) is 24.0. The maximum atomic E-state index is 11.5. The van der Waals surface area contributed by atoms with Crippen LogP contribution in [0.1, 0.15) is 29.9 Å². The Balaban J connectivity index is 1.41. The van der Waals surface area contributed by atoms with Crippen molar-refractivity contribution in [2.75, 3.05) is 56.7 Å². The number of hydrogen-bond donors (Lipinski definition) is 1. The van der Waals surface area contributed by atoms with Gasteiger partial charge in [0.2, 0.25) is 0 Å². The zero-order chi connectivity index (χ0) is 24.7. The maximum absolute atomic E-state index is 11.5. The molecule has 5 rings (SSSR count). The Morgan fingerprint density at radius 2 is 1.83 bits per heavy atom. The molecule has 0 saturated carbocycles. The number of β-amino-alcohol motifs (C(OH)–C–C–N with tert-alkyl or cyclic N) is 1. The first-order valence-corrected chi connectivity index (χ1v) is 14.0. The molecule has 0 atom stereocenters. The van der Waals surface area contributed by atoms with E-state index in [0.29, 0.717) is 37.2 Å². The first-order valence-electron chi connectivity index (χ1n) is 11.9. The molecule has 0 spiro atoms. The van der Waals surface area contributed by atoms with Gasteiger partial charge in [-0.05, 0) is 62.0 Å². The molecule has 10 nitrogen and oxygen atoms in total. The summed E-state index contributed by atoms with van der Waals surface area (Å²) in [7, 11) is -1.41. The molecule has 0 amide bonds. The zero-order valence-corrected chi connectivity index (χ0v) is 21.2. The average Bonchev–Trinajstić information content (AvgIpc) is 3.22. The Morgan fingerprint density at radius 3 is 2.49 bits per heavy atom. The predicted octanol–water partition coefficient (Wildman–Crippen LogP) is 1.54. The highest BCUT2D eigenvalue weighted by atomic mass is 32.2. The zero-order valence-electron chi connectivity index (χ0n) is 20.4. The fourth-order valence-electron chi connectivity index (χ4n) is 4.99. The van der Waals surface area contributed by atoms with E-state index in [4.69, 9.17) is 4.74 Å². The monoisotopic (exact) mass is 500 g/mol. The number of nitrogens with zero attached hydrogens (tertiary/aromatic N) is 6. The van der Waals surface area contributed by atoms with E-state index in [0.717, 1.165) is 36.8 Å². The van der Waals surface area contributed by atoms with Crippen LogP contribution in [0.2, 0.25) is 0 Å². The number of sulfone groups is 1. The van der Waals surface area contributed by atoms with Gasteiger partial charge in [-0.1, -0.05) is 0 Å². The van der Waals surface area contributed by atoms with Crippen LogP contribution in [0.25, 0.3) is 16.7 Å². The van der Waals surface area contributed by atoms with Gasteiger partial charge in [0.15, 0.2) is 5.82 Å². The number of methoxy groups -OCH3 is 1. The Kier molecular flexibility index (Phi) is 6.41. The smallest absolute Gasteiger partial charge is 0.320 e. The lowest BCUT2D eigenvalue weighted by molar-refractivity contribution is 0.141. The third kappa shape index (κ3) is 5.12. The van der Waals surface area contributed by atoms with Crippen LogP contribution in [-0.2, 0) is 9.84 Å². The van der Waals surface area contributed by atoms with Gasteiger partial charge >= 0.3 is 6.01 Å². The summed E-state index contributed by atoms with van der Waals surface area (Å²) >= 11 is 0. The largest absolute Gasteiger partial charge is 0.467 e. The first-order chi connectivity index (χ1) is 16.7. The quantitative estimate of drug-likeness (QED) is 0.516. The van der Waals surface area contributed by atoms with E-state index < -0.39 is 9.84 Å². The molecule has 1 aromatic carbocycles. The van der Waals surface area contributed by atoms with Gasteiger partial charge in [-0.25, -0.2) is 13.1 Å². The summed E-state index contributed by atoms with van der Waals surface area (Å²) in [6.45, 7) is 5.60. The van der Waals surface area contributed by atoms with Crippen molar-refractivity contribution in [2.45, 2.75) is 31.8 Å². The van der Waals surface area contributed by atoms with E-state index in [1.54, 1.807) is 7.11 Å². The van der Waals surface area contributed by atoms with Crippen LogP contribution < -0.4 is 9.64 Å². The molecule has 4 heterocycles. The van der Waals surface area contributed by atoms with Crippen LogP contribution in [0.5, 0.6) is 6.01 Å². The molecule has 11 heteroatoms. The van der Waals surface area contributed by atoms with Crippen LogP contribution in [0.4, 0.5) is 5.82 Å². The number of benzene rings is 1. The summed E-state index contributed by atoms with van der Waals surface area (Å²) in [5, 5.41) is 15.4. The third-order valence-corrected chi connectivity index (χ3v) is 7.95. The molecule has 35 heavy (non-hydrogen) atoms. The SMILES string of the molecule is COc1nc(N2CC(O)C2)cc(-n2ncc3cc(C)c(C4CCN(CCS(C)(=O)=O)CC4)cc32)n1. The lowest BCUT2D eigenvalue weighted by Crippen LogP contribution is -2.51. The Labute approximate surface area is 205 Å². The highest BCUT2D eigenvalue weighted by Crippen LogP contribution is 2.34. The molecule has 2 aliphatic rings. The van der Waals surface area contributed by atoms with Gasteiger partial charge in [0.1, 0.15) is 15.7 Å². The van der Waals surface area contributed by atoms with E-state index >= 15 is 0 Å². The van der Waals surface area contributed by atoms with E-state index in [1.165, 1.54) is 17.4 Å². The topological polar surface area (TPSA) is 114 Å². The number of aliphatic hydroxyl groups excluding tert-OH is 1. The standard InChI is InChI=1S/C24H32N6O4S/c1-16-10-18-13-25-30(23-12-22(26-24(27-23)34-2)29-14-19(31)15-29)21(18)11-20(16)17-4-6-28(7-5-17)8-9-35(3,32)33/h10-13,17,19,31H,4-9,14-15H2,1-3H3. The highest BCUT2D eigenvalue weighted by Gasteiger charge is 2.27. The summed E-state index contributed by atoms with van der Waals surface area (Å²) in [4.78, 5) is 13.2.